The van der Waals surface area contributed by atoms with E-state index in [4.69, 9.17) is 0 Å². The third kappa shape index (κ3) is 3.69. The summed E-state index contributed by atoms with van der Waals surface area (Å²) in [6.07, 6.45) is 5.17. The summed E-state index contributed by atoms with van der Waals surface area (Å²) in [6, 6.07) is 4.27. The molecule has 0 aliphatic carbocycles. The first-order valence-electron chi connectivity index (χ1n) is 6.24. The van der Waals surface area contributed by atoms with Crippen molar-refractivity contribution in [1.82, 2.24) is 9.38 Å². The fourth-order valence-corrected chi connectivity index (χ4v) is 1.37. The van der Waals surface area contributed by atoms with Gasteiger partial charge >= 0.3 is 0 Å². The number of nitrogens with zero attached hydrogens (tertiary/aromatic N) is 2. The molecular formula is C14H24N2. The van der Waals surface area contributed by atoms with Gasteiger partial charge in [0, 0.05) is 12.4 Å². The van der Waals surface area contributed by atoms with Crippen molar-refractivity contribution in [3.8, 4) is 0 Å². The minimum atomic E-state index is 1.05. The average molecular weight is 220 g/mol. The minimum Gasteiger partial charge on any atom is -0.307 e. The summed E-state index contributed by atoms with van der Waals surface area (Å²) < 4.78 is 2.05. The molecule has 0 saturated carbocycles. The van der Waals surface area contributed by atoms with Gasteiger partial charge in [-0.15, -0.1) is 0 Å². The molecule has 90 valence electrons. The number of hydrogen-bond acceptors (Lipinski definition) is 1. The normalized spacial score (nSPS) is 8.88. The van der Waals surface area contributed by atoms with Gasteiger partial charge in [0.25, 0.3) is 0 Å². The van der Waals surface area contributed by atoms with Gasteiger partial charge in [-0.1, -0.05) is 34.6 Å². The maximum atomic E-state index is 4.38. The average Bonchev–Trinajstić information content (AvgIpc) is 2.73. The second-order valence-electron chi connectivity index (χ2n) is 3.04. The Kier molecular flexibility index (Phi) is 7.27. The summed E-state index contributed by atoms with van der Waals surface area (Å²) in [5.74, 6) is 0. The molecule has 2 aromatic rings. The second kappa shape index (κ2) is 7.91. The Labute approximate surface area is 99.3 Å². The van der Waals surface area contributed by atoms with E-state index in [1.165, 1.54) is 5.56 Å². The Morgan fingerprint density at radius 3 is 2.38 bits per heavy atom. The predicted molar refractivity (Wildman–Crippen MR) is 72.0 cm³/mol. The van der Waals surface area contributed by atoms with Crippen LogP contribution in [0.1, 0.15) is 45.9 Å². The van der Waals surface area contributed by atoms with E-state index in [-0.39, 0.29) is 0 Å². The third-order valence-electron chi connectivity index (χ3n) is 2.05. The molecule has 0 aliphatic heterocycles. The predicted octanol–water partition coefficient (Wildman–Crippen LogP) is 4.26. The zero-order valence-electron chi connectivity index (χ0n) is 11.4. The minimum absolute atomic E-state index is 1.05. The quantitative estimate of drug-likeness (QED) is 0.702. The maximum Gasteiger partial charge on any atom is 0.137 e. The first kappa shape index (κ1) is 14.7. The Morgan fingerprint density at radius 2 is 1.81 bits per heavy atom. The number of pyridine rings is 1. The lowest BCUT2D eigenvalue weighted by Crippen LogP contribution is -1.85. The van der Waals surface area contributed by atoms with Gasteiger partial charge < -0.3 is 4.40 Å². The topological polar surface area (TPSA) is 17.3 Å². The highest BCUT2D eigenvalue weighted by Crippen LogP contribution is 2.07. The fraction of sp³-hybridized carbons (Fsp3) is 0.500. The maximum absolute atomic E-state index is 4.38. The van der Waals surface area contributed by atoms with Crippen LogP contribution in [0.3, 0.4) is 0 Å². The number of hydrogen-bond donors (Lipinski definition) is 0. The molecule has 2 heteroatoms. The van der Waals surface area contributed by atoms with Crippen LogP contribution in [0.4, 0.5) is 0 Å². The first-order chi connectivity index (χ1) is 7.79. The SMILES string of the molecule is CC.CC.CCc1ccn2cc(C)nc2c1. The monoisotopic (exact) mass is 220 g/mol. The molecule has 0 aromatic carbocycles. The van der Waals surface area contributed by atoms with E-state index in [9.17, 15) is 0 Å². The molecule has 2 heterocycles. The van der Waals surface area contributed by atoms with Crippen LogP contribution in [0.25, 0.3) is 5.65 Å². The molecule has 2 aromatic heterocycles. The van der Waals surface area contributed by atoms with Crippen molar-refractivity contribution in [2.45, 2.75) is 48.0 Å². The molecule has 0 amide bonds. The lowest BCUT2D eigenvalue weighted by Gasteiger charge is -1.96. The van der Waals surface area contributed by atoms with Crippen LogP contribution in [-0.4, -0.2) is 9.38 Å². The van der Waals surface area contributed by atoms with Gasteiger partial charge in [0.05, 0.1) is 5.69 Å². The summed E-state index contributed by atoms with van der Waals surface area (Å²) in [5.41, 5.74) is 3.46. The highest BCUT2D eigenvalue weighted by molar-refractivity contribution is 5.42. The van der Waals surface area contributed by atoms with Gasteiger partial charge in [-0.3, -0.25) is 0 Å². The molecule has 0 fully saturated rings. The molecular weight excluding hydrogens is 196 g/mol. The van der Waals surface area contributed by atoms with Crippen LogP contribution in [0.2, 0.25) is 0 Å². The molecule has 2 nitrogen and oxygen atoms in total. The Balaban J connectivity index is 0.000000509. The van der Waals surface area contributed by atoms with E-state index in [0.29, 0.717) is 0 Å². The van der Waals surface area contributed by atoms with Gasteiger partial charge in [0.2, 0.25) is 0 Å². The van der Waals surface area contributed by atoms with Gasteiger partial charge in [0.1, 0.15) is 5.65 Å². The molecule has 2 rings (SSSR count). The van der Waals surface area contributed by atoms with Crippen molar-refractivity contribution in [2.75, 3.05) is 0 Å². The van der Waals surface area contributed by atoms with Crippen LogP contribution >= 0.6 is 0 Å². The van der Waals surface area contributed by atoms with Crippen molar-refractivity contribution in [3.05, 3.63) is 35.8 Å². The summed E-state index contributed by atoms with van der Waals surface area (Å²) >= 11 is 0. The summed E-state index contributed by atoms with van der Waals surface area (Å²) in [6.45, 7) is 12.2. The van der Waals surface area contributed by atoms with E-state index in [2.05, 4.69) is 34.6 Å². The molecule has 0 radical (unpaired) electrons. The van der Waals surface area contributed by atoms with E-state index in [1.807, 2.05) is 40.8 Å². The third-order valence-corrected chi connectivity index (χ3v) is 2.05. The largest absolute Gasteiger partial charge is 0.307 e. The smallest absolute Gasteiger partial charge is 0.137 e. The zero-order chi connectivity index (χ0) is 12.6. The lowest BCUT2D eigenvalue weighted by molar-refractivity contribution is 1.10. The van der Waals surface area contributed by atoms with Gasteiger partial charge in [-0.25, -0.2) is 4.98 Å². The molecule has 0 atom stereocenters. The van der Waals surface area contributed by atoms with Crippen LogP contribution < -0.4 is 0 Å². The highest BCUT2D eigenvalue weighted by atomic mass is 15.0. The zero-order valence-corrected chi connectivity index (χ0v) is 11.4. The highest BCUT2D eigenvalue weighted by Gasteiger charge is 1.96. The van der Waals surface area contributed by atoms with E-state index in [0.717, 1.165) is 17.8 Å². The number of imidazole rings is 1. The number of aromatic nitrogens is 2. The molecule has 0 spiro atoms. The second-order valence-corrected chi connectivity index (χ2v) is 3.04. The van der Waals surface area contributed by atoms with Crippen molar-refractivity contribution in [1.29, 1.82) is 0 Å². The Bertz CT molecular complexity index is 402. The molecule has 0 saturated heterocycles. The lowest BCUT2D eigenvalue weighted by atomic mass is 10.2. The van der Waals surface area contributed by atoms with Gasteiger partial charge in [-0.05, 0) is 31.0 Å². The Morgan fingerprint density at radius 1 is 1.19 bits per heavy atom. The van der Waals surface area contributed by atoms with Crippen LogP contribution in [-0.2, 0) is 6.42 Å². The van der Waals surface area contributed by atoms with Crippen LogP contribution in [0.15, 0.2) is 24.5 Å². The van der Waals surface area contributed by atoms with Gasteiger partial charge in [-0.2, -0.15) is 0 Å². The first-order valence-corrected chi connectivity index (χ1v) is 6.24. The van der Waals surface area contributed by atoms with Crippen LogP contribution in [0.5, 0.6) is 0 Å². The van der Waals surface area contributed by atoms with Gasteiger partial charge in [0.15, 0.2) is 0 Å². The van der Waals surface area contributed by atoms with Crippen LogP contribution in [0, 0.1) is 6.92 Å². The van der Waals surface area contributed by atoms with E-state index in [1.54, 1.807) is 0 Å². The molecule has 0 aliphatic rings. The standard InChI is InChI=1S/C10H12N2.2C2H6/c1-3-9-4-5-12-7-8(2)11-10(12)6-9;2*1-2/h4-7H,3H2,1-2H3;2*1-2H3. The summed E-state index contributed by atoms with van der Waals surface area (Å²) in [5, 5.41) is 0. The Hall–Kier alpha value is -1.31. The summed E-state index contributed by atoms with van der Waals surface area (Å²) in [7, 11) is 0. The molecule has 0 unspecified atom stereocenters. The molecule has 16 heavy (non-hydrogen) atoms. The fourth-order valence-electron chi connectivity index (χ4n) is 1.37. The van der Waals surface area contributed by atoms with E-state index >= 15 is 0 Å². The van der Waals surface area contributed by atoms with E-state index < -0.39 is 0 Å². The van der Waals surface area contributed by atoms with Crippen molar-refractivity contribution >= 4 is 5.65 Å². The summed E-state index contributed by atoms with van der Waals surface area (Å²) in [4.78, 5) is 4.38. The number of aryl methyl sites for hydroxylation is 2. The molecule has 0 N–H and O–H groups in total. The molecule has 0 bridgehead atoms. The number of rotatable bonds is 1. The van der Waals surface area contributed by atoms with Crippen molar-refractivity contribution in [3.63, 3.8) is 0 Å². The number of fused-ring (bicyclic) bond motifs is 1. The van der Waals surface area contributed by atoms with Crippen molar-refractivity contribution in [2.24, 2.45) is 0 Å². The van der Waals surface area contributed by atoms with Crippen molar-refractivity contribution < 1.29 is 0 Å².